The van der Waals surface area contributed by atoms with Crippen LogP contribution in [-0.4, -0.2) is 15.6 Å². The van der Waals surface area contributed by atoms with Gasteiger partial charge in [-0.2, -0.15) is 0 Å². The highest BCUT2D eigenvalue weighted by Crippen LogP contribution is 2.15. The van der Waals surface area contributed by atoms with Crippen molar-refractivity contribution >= 4 is 44.5 Å². The van der Waals surface area contributed by atoms with Crippen LogP contribution in [0.3, 0.4) is 0 Å². The Kier molecular flexibility index (Phi) is 3.88. The number of carbonyl (C=O) groups is 1. The fourth-order valence-corrected chi connectivity index (χ4v) is 2.47. The van der Waals surface area contributed by atoms with E-state index in [-0.39, 0.29) is 0 Å². The molecule has 2 rings (SSSR count). The minimum absolute atomic E-state index is 0.317. The number of benzene rings is 1. The zero-order valence-electron chi connectivity index (χ0n) is 8.73. The third-order valence-electron chi connectivity index (χ3n) is 2.35. The van der Waals surface area contributed by atoms with Crippen molar-refractivity contribution in [2.45, 2.75) is 6.54 Å². The van der Waals surface area contributed by atoms with Gasteiger partial charge in [-0.25, -0.2) is 4.79 Å². The molecule has 0 fully saturated rings. The lowest BCUT2D eigenvalue weighted by Gasteiger charge is -2.06. The molecule has 0 atom stereocenters. The third-order valence-corrected chi connectivity index (χ3v) is 3.47. The smallest absolute Gasteiger partial charge is 0.352 e. The molecule has 0 bridgehead atoms. The summed E-state index contributed by atoms with van der Waals surface area (Å²) in [6.07, 6.45) is 1.84. The zero-order chi connectivity index (χ0) is 12.4. The predicted molar refractivity (Wildman–Crippen MR) is 77.4 cm³/mol. The van der Waals surface area contributed by atoms with E-state index in [1.54, 1.807) is 10.6 Å². The summed E-state index contributed by atoms with van der Waals surface area (Å²) in [4.78, 5) is 11.0. The van der Waals surface area contributed by atoms with Crippen molar-refractivity contribution < 1.29 is 9.90 Å². The summed E-state index contributed by atoms with van der Waals surface area (Å²) in [6.45, 7) is 0.567. The summed E-state index contributed by atoms with van der Waals surface area (Å²) in [5.41, 5.74) is 1.39. The Hall–Kier alpha value is -0.820. The normalized spacial score (nSPS) is 10.5. The first-order valence-electron chi connectivity index (χ1n) is 4.89. The minimum Gasteiger partial charge on any atom is -0.477 e. The van der Waals surface area contributed by atoms with Gasteiger partial charge in [0, 0.05) is 20.8 Å². The quantitative estimate of drug-likeness (QED) is 0.792. The predicted octanol–water partition coefficient (Wildman–Crippen LogP) is 3.60. The van der Waals surface area contributed by atoms with E-state index in [4.69, 9.17) is 5.11 Å². The van der Waals surface area contributed by atoms with Gasteiger partial charge in [-0.1, -0.05) is 28.1 Å². The van der Waals surface area contributed by atoms with Crippen molar-refractivity contribution in [1.29, 1.82) is 0 Å². The van der Waals surface area contributed by atoms with E-state index in [2.05, 4.69) is 38.5 Å². The fourth-order valence-electron chi connectivity index (χ4n) is 1.57. The van der Waals surface area contributed by atoms with Crippen LogP contribution in [0.25, 0.3) is 0 Å². The van der Waals surface area contributed by atoms with Crippen LogP contribution in [0.5, 0.6) is 0 Å². The van der Waals surface area contributed by atoms with Gasteiger partial charge in [0.2, 0.25) is 0 Å². The lowest BCUT2D eigenvalue weighted by molar-refractivity contribution is 0.0685. The summed E-state index contributed by atoms with van der Waals surface area (Å²) in [6, 6.07) is 9.52. The van der Waals surface area contributed by atoms with Crippen LogP contribution in [0.1, 0.15) is 16.1 Å². The van der Waals surface area contributed by atoms with Crippen LogP contribution in [0.4, 0.5) is 0 Å². The number of halogens is 2. The summed E-state index contributed by atoms with van der Waals surface area (Å²) in [5.74, 6) is -0.898. The van der Waals surface area contributed by atoms with E-state index in [1.807, 2.05) is 30.5 Å². The Labute approximate surface area is 121 Å². The van der Waals surface area contributed by atoms with Gasteiger partial charge in [-0.3, -0.25) is 0 Å². The van der Waals surface area contributed by atoms with E-state index in [0.717, 1.165) is 13.6 Å². The Bertz CT molecular complexity index is 548. The molecular formula is C12H9BrINO2. The number of hydrogen-bond donors (Lipinski definition) is 1. The summed E-state index contributed by atoms with van der Waals surface area (Å²) >= 11 is 5.49. The summed E-state index contributed by atoms with van der Waals surface area (Å²) in [5, 5.41) is 9.07. The van der Waals surface area contributed by atoms with Crippen LogP contribution in [-0.2, 0) is 6.54 Å². The highest BCUT2D eigenvalue weighted by atomic mass is 127. The number of aromatic nitrogens is 1. The number of aromatic carboxylic acids is 1. The van der Waals surface area contributed by atoms with Gasteiger partial charge in [0.05, 0.1) is 0 Å². The molecule has 0 aliphatic rings. The monoisotopic (exact) mass is 405 g/mol. The van der Waals surface area contributed by atoms with Crippen molar-refractivity contribution in [2.24, 2.45) is 0 Å². The second-order valence-electron chi connectivity index (χ2n) is 3.60. The van der Waals surface area contributed by atoms with Crippen molar-refractivity contribution in [3.8, 4) is 0 Å². The molecule has 88 valence electrons. The SMILES string of the molecule is O=C(O)c1cc(I)cn1Cc1ccc(Br)cc1. The molecule has 0 amide bonds. The number of rotatable bonds is 3. The molecule has 17 heavy (non-hydrogen) atoms. The number of carboxylic acid groups (broad SMARTS) is 1. The molecule has 1 aromatic heterocycles. The number of nitrogens with zero attached hydrogens (tertiary/aromatic N) is 1. The topological polar surface area (TPSA) is 42.2 Å². The molecule has 5 heteroatoms. The van der Waals surface area contributed by atoms with E-state index < -0.39 is 5.97 Å². The van der Waals surface area contributed by atoms with Crippen molar-refractivity contribution in [1.82, 2.24) is 4.57 Å². The Morgan fingerprint density at radius 1 is 1.35 bits per heavy atom. The van der Waals surface area contributed by atoms with Crippen LogP contribution >= 0.6 is 38.5 Å². The van der Waals surface area contributed by atoms with Crippen LogP contribution in [0, 0.1) is 3.57 Å². The maximum Gasteiger partial charge on any atom is 0.352 e. The van der Waals surface area contributed by atoms with E-state index in [9.17, 15) is 4.79 Å². The molecule has 0 radical (unpaired) electrons. The minimum atomic E-state index is -0.898. The highest BCUT2D eigenvalue weighted by Gasteiger charge is 2.11. The van der Waals surface area contributed by atoms with Gasteiger partial charge in [-0.05, 0) is 46.4 Å². The second-order valence-corrected chi connectivity index (χ2v) is 5.76. The van der Waals surface area contributed by atoms with Crippen LogP contribution in [0.2, 0.25) is 0 Å². The summed E-state index contributed by atoms with van der Waals surface area (Å²) < 4.78 is 3.69. The molecular weight excluding hydrogens is 397 g/mol. The molecule has 0 unspecified atom stereocenters. The molecule has 1 N–H and O–H groups in total. The van der Waals surface area contributed by atoms with Crippen LogP contribution in [0.15, 0.2) is 41.0 Å². The Balaban J connectivity index is 2.29. The van der Waals surface area contributed by atoms with Gasteiger partial charge in [-0.15, -0.1) is 0 Å². The average Bonchev–Trinajstić information content (AvgIpc) is 2.63. The lowest BCUT2D eigenvalue weighted by Crippen LogP contribution is -2.08. The van der Waals surface area contributed by atoms with E-state index >= 15 is 0 Å². The molecule has 1 heterocycles. The fraction of sp³-hybridized carbons (Fsp3) is 0.0833. The molecule has 0 spiro atoms. The third kappa shape index (κ3) is 3.10. The standard InChI is InChI=1S/C12H9BrINO2/c13-9-3-1-8(2-4-9)6-15-7-10(14)5-11(15)12(16)17/h1-5,7H,6H2,(H,16,17). The van der Waals surface area contributed by atoms with Gasteiger partial charge < -0.3 is 9.67 Å². The molecule has 0 saturated heterocycles. The first-order chi connectivity index (χ1) is 8.06. The molecule has 0 aliphatic heterocycles. The Morgan fingerprint density at radius 3 is 2.59 bits per heavy atom. The largest absolute Gasteiger partial charge is 0.477 e. The average molecular weight is 406 g/mol. The van der Waals surface area contributed by atoms with E-state index in [0.29, 0.717) is 12.2 Å². The zero-order valence-corrected chi connectivity index (χ0v) is 12.5. The summed E-state index contributed by atoms with van der Waals surface area (Å²) in [7, 11) is 0. The molecule has 3 nitrogen and oxygen atoms in total. The number of carboxylic acids is 1. The Morgan fingerprint density at radius 2 is 2.00 bits per heavy atom. The van der Waals surface area contributed by atoms with Crippen LogP contribution < -0.4 is 0 Å². The number of hydrogen-bond acceptors (Lipinski definition) is 1. The molecule has 0 saturated carbocycles. The van der Waals surface area contributed by atoms with Gasteiger partial charge in [0.15, 0.2) is 0 Å². The maximum atomic E-state index is 11.0. The molecule has 2 aromatic rings. The van der Waals surface area contributed by atoms with E-state index in [1.165, 1.54) is 0 Å². The molecule has 1 aromatic carbocycles. The molecule has 0 aliphatic carbocycles. The first kappa shape index (κ1) is 12.6. The lowest BCUT2D eigenvalue weighted by atomic mass is 10.2. The maximum absolute atomic E-state index is 11.0. The van der Waals surface area contributed by atoms with Crippen molar-refractivity contribution in [3.05, 3.63) is 55.8 Å². The van der Waals surface area contributed by atoms with Crippen molar-refractivity contribution in [2.75, 3.05) is 0 Å². The highest BCUT2D eigenvalue weighted by molar-refractivity contribution is 14.1. The van der Waals surface area contributed by atoms with Gasteiger partial charge in [0.1, 0.15) is 5.69 Å². The van der Waals surface area contributed by atoms with Crippen molar-refractivity contribution in [3.63, 3.8) is 0 Å². The second kappa shape index (κ2) is 5.22. The van der Waals surface area contributed by atoms with Gasteiger partial charge in [0.25, 0.3) is 0 Å². The first-order valence-corrected chi connectivity index (χ1v) is 6.77. The van der Waals surface area contributed by atoms with Gasteiger partial charge >= 0.3 is 5.97 Å².